The molecule has 0 spiro atoms. The van der Waals surface area contributed by atoms with Crippen molar-refractivity contribution in [3.8, 4) is 0 Å². The SMILES string of the molecule is COC(=O)c1ccc(/C=C/C(=O)Nc2cccc(C(F)(F)F)c2)cc1. The van der Waals surface area contributed by atoms with E-state index in [0.717, 1.165) is 12.1 Å². The third-order valence-electron chi connectivity index (χ3n) is 3.22. The largest absolute Gasteiger partial charge is 0.465 e. The van der Waals surface area contributed by atoms with Crippen LogP contribution in [0.5, 0.6) is 0 Å². The van der Waals surface area contributed by atoms with Gasteiger partial charge in [0.25, 0.3) is 0 Å². The molecular formula is C18H14F3NO3. The normalized spacial score (nSPS) is 11.4. The first-order valence-corrected chi connectivity index (χ1v) is 7.14. The van der Waals surface area contributed by atoms with Crippen LogP contribution >= 0.6 is 0 Å². The van der Waals surface area contributed by atoms with Gasteiger partial charge in [-0.05, 0) is 42.0 Å². The minimum absolute atomic E-state index is 0.0468. The molecule has 130 valence electrons. The zero-order valence-corrected chi connectivity index (χ0v) is 13.1. The lowest BCUT2D eigenvalue weighted by molar-refractivity contribution is -0.137. The molecule has 0 fully saturated rings. The van der Waals surface area contributed by atoms with Crippen LogP contribution in [0.1, 0.15) is 21.5 Å². The van der Waals surface area contributed by atoms with E-state index in [1.165, 1.54) is 43.5 Å². The molecule has 0 saturated heterocycles. The molecule has 0 heterocycles. The summed E-state index contributed by atoms with van der Waals surface area (Å²) < 4.78 is 42.5. The van der Waals surface area contributed by atoms with Crippen molar-refractivity contribution in [2.45, 2.75) is 6.18 Å². The van der Waals surface area contributed by atoms with Gasteiger partial charge in [0.2, 0.25) is 5.91 Å². The van der Waals surface area contributed by atoms with E-state index >= 15 is 0 Å². The van der Waals surface area contributed by atoms with Gasteiger partial charge in [0.15, 0.2) is 0 Å². The van der Waals surface area contributed by atoms with Crippen molar-refractivity contribution in [1.29, 1.82) is 0 Å². The van der Waals surface area contributed by atoms with E-state index in [4.69, 9.17) is 0 Å². The number of nitrogens with one attached hydrogen (secondary N) is 1. The summed E-state index contributed by atoms with van der Waals surface area (Å²) in [6, 6.07) is 10.7. The van der Waals surface area contributed by atoms with Crippen LogP contribution in [0.2, 0.25) is 0 Å². The fraction of sp³-hybridized carbons (Fsp3) is 0.111. The molecular weight excluding hydrogens is 335 g/mol. The summed E-state index contributed by atoms with van der Waals surface area (Å²) in [6.07, 6.45) is -1.81. The first-order valence-electron chi connectivity index (χ1n) is 7.14. The predicted octanol–water partition coefficient (Wildman–Crippen LogP) is 4.14. The Balaban J connectivity index is 2.02. The maximum Gasteiger partial charge on any atom is 0.416 e. The van der Waals surface area contributed by atoms with Gasteiger partial charge in [0, 0.05) is 11.8 Å². The fourth-order valence-corrected chi connectivity index (χ4v) is 1.98. The van der Waals surface area contributed by atoms with Gasteiger partial charge in [-0.15, -0.1) is 0 Å². The molecule has 0 bridgehead atoms. The minimum atomic E-state index is -4.47. The highest BCUT2D eigenvalue weighted by Crippen LogP contribution is 2.30. The van der Waals surface area contributed by atoms with Crippen LogP contribution < -0.4 is 5.32 Å². The maximum atomic E-state index is 12.6. The minimum Gasteiger partial charge on any atom is -0.465 e. The molecule has 0 aliphatic carbocycles. The van der Waals surface area contributed by atoms with E-state index in [0.29, 0.717) is 11.1 Å². The van der Waals surface area contributed by atoms with E-state index in [1.54, 1.807) is 12.1 Å². The van der Waals surface area contributed by atoms with E-state index in [1.807, 2.05) is 0 Å². The molecule has 4 nitrogen and oxygen atoms in total. The average molecular weight is 349 g/mol. The Kier molecular flexibility index (Phi) is 5.59. The van der Waals surface area contributed by atoms with Crippen LogP contribution in [0.25, 0.3) is 6.08 Å². The number of amides is 1. The Morgan fingerprint density at radius 2 is 1.76 bits per heavy atom. The molecule has 0 unspecified atom stereocenters. The molecule has 0 atom stereocenters. The number of methoxy groups -OCH3 is 1. The molecule has 2 aromatic rings. The molecule has 25 heavy (non-hydrogen) atoms. The van der Waals surface area contributed by atoms with Crippen molar-refractivity contribution in [3.05, 3.63) is 71.3 Å². The quantitative estimate of drug-likeness (QED) is 0.667. The highest BCUT2D eigenvalue weighted by Gasteiger charge is 2.30. The highest BCUT2D eigenvalue weighted by molar-refractivity contribution is 6.02. The zero-order chi connectivity index (χ0) is 18.4. The van der Waals surface area contributed by atoms with Crippen molar-refractivity contribution in [3.63, 3.8) is 0 Å². The molecule has 0 aliphatic heterocycles. The first kappa shape index (κ1) is 18.3. The standard InChI is InChI=1S/C18H14F3NO3/c1-25-17(24)13-8-5-12(6-9-13)7-10-16(23)22-15-4-2-3-14(11-15)18(19,20)21/h2-11H,1H3,(H,22,23)/b10-7+. The van der Waals surface area contributed by atoms with Crippen LogP contribution in [-0.4, -0.2) is 19.0 Å². The zero-order valence-electron chi connectivity index (χ0n) is 13.1. The van der Waals surface area contributed by atoms with Gasteiger partial charge in [-0.1, -0.05) is 18.2 Å². The Morgan fingerprint density at radius 3 is 2.36 bits per heavy atom. The number of rotatable bonds is 4. The van der Waals surface area contributed by atoms with Gasteiger partial charge >= 0.3 is 12.1 Å². The first-order chi connectivity index (χ1) is 11.8. The summed E-state index contributed by atoms with van der Waals surface area (Å²) in [5.41, 5.74) is 0.220. The molecule has 0 radical (unpaired) electrons. The van der Waals surface area contributed by atoms with Crippen molar-refractivity contribution in [2.75, 3.05) is 12.4 Å². The number of carbonyl (C=O) groups is 2. The Bertz CT molecular complexity index is 796. The van der Waals surface area contributed by atoms with Crippen molar-refractivity contribution < 1.29 is 27.5 Å². The van der Waals surface area contributed by atoms with Crippen LogP contribution in [0.4, 0.5) is 18.9 Å². The molecule has 2 aromatic carbocycles. The molecule has 7 heteroatoms. The predicted molar refractivity (Wildman–Crippen MR) is 86.9 cm³/mol. The molecule has 1 amide bonds. The number of halogens is 3. The van der Waals surface area contributed by atoms with Crippen LogP contribution in [0.3, 0.4) is 0 Å². The summed E-state index contributed by atoms with van der Waals surface area (Å²) in [4.78, 5) is 23.1. The number of carbonyl (C=O) groups excluding carboxylic acids is 2. The van der Waals surface area contributed by atoms with Crippen LogP contribution in [-0.2, 0) is 15.7 Å². The summed E-state index contributed by atoms with van der Waals surface area (Å²) in [5.74, 6) is -1.05. The summed E-state index contributed by atoms with van der Waals surface area (Å²) >= 11 is 0. The smallest absolute Gasteiger partial charge is 0.416 e. The second-order valence-electron chi connectivity index (χ2n) is 5.01. The van der Waals surface area contributed by atoms with Gasteiger partial charge in [-0.3, -0.25) is 4.79 Å². The number of hydrogen-bond donors (Lipinski definition) is 1. The highest BCUT2D eigenvalue weighted by atomic mass is 19.4. The molecule has 1 N–H and O–H groups in total. The van der Waals surface area contributed by atoms with E-state index in [9.17, 15) is 22.8 Å². The third kappa shape index (κ3) is 5.20. The number of benzene rings is 2. The fourth-order valence-electron chi connectivity index (χ4n) is 1.98. The number of esters is 1. The molecule has 2 rings (SSSR count). The van der Waals surface area contributed by atoms with Gasteiger partial charge in [-0.25, -0.2) is 4.79 Å². The van der Waals surface area contributed by atoms with Gasteiger partial charge in [-0.2, -0.15) is 13.2 Å². The van der Waals surface area contributed by atoms with E-state index < -0.39 is 23.6 Å². The van der Waals surface area contributed by atoms with E-state index in [2.05, 4.69) is 10.1 Å². The Morgan fingerprint density at radius 1 is 1.08 bits per heavy atom. The van der Waals surface area contributed by atoms with Gasteiger partial charge in [0.05, 0.1) is 18.2 Å². The lowest BCUT2D eigenvalue weighted by Crippen LogP contribution is -2.10. The number of alkyl halides is 3. The summed E-state index contributed by atoms with van der Waals surface area (Å²) in [6.45, 7) is 0. The molecule has 0 aromatic heterocycles. The van der Waals surface area contributed by atoms with E-state index in [-0.39, 0.29) is 5.69 Å². The molecule has 0 aliphatic rings. The van der Waals surface area contributed by atoms with Crippen LogP contribution in [0, 0.1) is 0 Å². The van der Waals surface area contributed by atoms with Crippen molar-refractivity contribution in [2.24, 2.45) is 0 Å². The number of ether oxygens (including phenoxy) is 1. The van der Waals surface area contributed by atoms with Gasteiger partial charge < -0.3 is 10.1 Å². The lowest BCUT2D eigenvalue weighted by Gasteiger charge is -2.08. The van der Waals surface area contributed by atoms with Gasteiger partial charge in [0.1, 0.15) is 0 Å². The second-order valence-corrected chi connectivity index (χ2v) is 5.01. The third-order valence-corrected chi connectivity index (χ3v) is 3.22. The lowest BCUT2D eigenvalue weighted by atomic mass is 10.1. The Hall–Kier alpha value is -3.09. The topological polar surface area (TPSA) is 55.4 Å². The van der Waals surface area contributed by atoms with Crippen molar-refractivity contribution >= 4 is 23.6 Å². The number of hydrogen-bond acceptors (Lipinski definition) is 3. The average Bonchev–Trinajstić information content (AvgIpc) is 2.59. The Labute approximate surface area is 141 Å². The van der Waals surface area contributed by atoms with Crippen molar-refractivity contribution in [1.82, 2.24) is 0 Å². The summed E-state index contributed by atoms with van der Waals surface area (Å²) in [7, 11) is 1.27. The summed E-state index contributed by atoms with van der Waals surface area (Å²) in [5, 5.41) is 2.36. The number of anilines is 1. The maximum absolute atomic E-state index is 12.6. The molecule has 0 saturated carbocycles. The second kappa shape index (κ2) is 7.65. The monoisotopic (exact) mass is 349 g/mol. The van der Waals surface area contributed by atoms with Crippen LogP contribution in [0.15, 0.2) is 54.6 Å².